The van der Waals surface area contributed by atoms with Crippen LogP contribution in [0.4, 0.5) is 4.39 Å². The van der Waals surface area contributed by atoms with Crippen molar-refractivity contribution >= 4 is 15.9 Å². The predicted molar refractivity (Wildman–Crippen MR) is 70.2 cm³/mol. The number of halogens is 2. The first-order chi connectivity index (χ1) is 8.21. The van der Waals surface area contributed by atoms with Gasteiger partial charge in [-0.15, -0.1) is 0 Å². The van der Waals surface area contributed by atoms with E-state index >= 15 is 0 Å². The van der Waals surface area contributed by atoms with Gasteiger partial charge < -0.3 is 5.32 Å². The Bertz CT molecular complexity index is 424. The average molecular weight is 298 g/mol. The third kappa shape index (κ3) is 2.41. The van der Waals surface area contributed by atoms with Gasteiger partial charge >= 0.3 is 0 Å². The monoisotopic (exact) mass is 297 g/mol. The molecule has 17 heavy (non-hydrogen) atoms. The third-order valence-electron chi connectivity index (χ3n) is 4.16. The van der Waals surface area contributed by atoms with Gasteiger partial charge in [-0.25, -0.2) is 4.39 Å². The highest BCUT2D eigenvalue weighted by Gasteiger charge is 2.53. The minimum atomic E-state index is -0.173. The second kappa shape index (κ2) is 4.36. The molecule has 1 aromatic rings. The Kier molecular flexibility index (Phi) is 2.99. The zero-order chi connectivity index (χ0) is 11.9. The second-order valence-corrected chi connectivity index (χ2v) is 6.25. The van der Waals surface area contributed by atoms with Crippen molar-refractivity contribution in [2.45, 2.75) is 32.2 Å². The van der Waals surface area contributed by atoms with Gasteiger partial charge in [-0.1, -0.05) is 12.1 Å². The zero-order valence-electron chi connectivity index (χ0n) is 9.81. The molecule has 0 radical (unpaired) electrons. The van der Waals surface area contributed by atoms with Gasteiger partial charge in [0.1, 0.15) is 5.82 Å². The minimum absolute atomic E-state index is 0.173. The first-order valence-electron chi connectivity index (χ1n) is 6.35. The number of nitrogens with one attached hydrogen (secondary N) is 1. The standard InChI is InChI=1S/C14H17BrFN/c15-13-10(2-1-3-12(13)16)8-17-9-14(6-7-14)11-4-5-11/h1-3,11,17H,4-9H2. The minimum Gasteiger partial charge on any atom is -0.312 e. The molecule has 0 aliphatic heterocycles. The van der Waals surface area contributed by atoms with Gasteiger partial charge in [-0.3, -0.25) is 0 Å². The SMILES string of the molecule is Fc1cccc(CNCC2(C3CC3)CC2)c1Br. The van der Waals surface area contributed by atoms with Gasteiger partial charge in [0.2, 0.25) is 0 Å². The largest absolute Gasteiger partial charge is 0.312 e. The van der Waals surface area contributed by atoms with Crippen LogP contribution in [0.5, 0.6) is 0 Å². The van der Waals surface area contributed by atoms with Crippen molar-refractivity contribution < 1.29 is 4.39 Å². The fraction of sp³-hybridized carbons (Fsp3) is 0.571. The normalized spacial score (nSPS) is 21.5. The zero-order valence-corrected chi connectivity index (χ0v) is 11.4. The number of hydrogen-bond donors (Lipinski definition) is 1. The van der Waals surface area contributed by atoms with E-state index < -0.39 is 0 Å². The van der Waals surface area contributed by atoms with Crippen LogP contribution in [-0.2, 0) is 6.54 Å². The summed E-state index contributed by atoms with van der Waals surface area (Å²) in [5.74, 6) is 0.804. The van der Waals surface area contributed by atoms with E-state index in [-0.39, 0.29) is 5.82 Å². The molecule has 0 saturated heterocycles. The summed E-state index contributed by atoms with van der Waals surface area (Å²) in [4.78, 5) is 0. The van der Waals surface area contributed by atoms with Gasteiger partial charge in [-0.2, -0.15) is 0 Å². The molecule has 0 aromatic heterocycles. The Morgan fingerprint density at radius 1 is 1.35 bits per heavy atom. The molecule has 0 unspecified atom stereocenters. The van der Waals surface area contributed by atoms with Gasteiger partial charge in [0.15, 0.2) is 0 Å². The van der Waals surface area contributed by atoms with Crippen molar-refractivity contribution in [1.82, 2.24) is 5.32 Å². The maximum atomic E-state index is 13.3. The number of hydrogen-bond acceptors (Lipinski definition) is 1. The molecule has 0 amide bonds. The number of benzene rings is 1. The van der Waals surface area contributed by atoms with Crippen molar-refractivity contribution in [3.8, 4) is 0 Å². The van der Waals surface area contributed by atoms with E-state index in [2.05, 4.69) is 21.2 Å². The van der Waals surface area contributed by atoms with Crippen LogP contribution in [0.2, 0.25) is 0 Å². The molecule has 3 heteroatoms. The van der Waals surface area contributed by atoms with E-state index in [0.29, 0.717) is 9.89 Å². The molecule has 0 bridgehead atoms. The molecular weight excluding hydrogens is 281 g/mol. The second-order valence-electron chi connectivity index (χ2n) is 5.45. The van der Waals surface area contributed by atoms with Crippen LogP contribution in [-0.4, -0.2) is 6.54 Å². The lowest BCUT2D eigenvalue weighted by Crippen LogP contribution is -2.25. The number of rotatable bonds is 5. The van der Waals surface area contributed by atoms with E-state index in [4.69, 9.17) is 0 Å². The fourth-order valence-corrected chi connectivity index (χ4v) is 3.12. The Morgan fingerprint density at radius 3 is 2.76 bits per heavy atom. The molecular formula is C14H17BrFN. The molecule has 2 aliphatic rings. The Labute approximate surface area is 110 Å². The summed E-state index contributed by atoms with van der Waals surface area (Å²) in [6, 6.07) is 5.22. The van der Waals surface area contributed by atoms with Crippen molar-refractivity contribution in [1.29, 1.82) is 0 Å². The third-order valence-corrected chi connectivity index (χ3v) is 5.05. The molecule has 0 atom stereocenters. The molecule has 2 fully saturated rings. The van der Waals surface area contributed by atoms with E-state index in [1.54, 1.807) is 6.07 Å². The summed E-state index contributed by atoms with van der Waals surface area (Å²) in [5, 5.41) is 3.50. The van der Waals surface area contributed by atoms with Gasteiger partial charge in [0, 0.05) is 13.1 Å². The quantitative estimate of drug-likeness (QED) is 0.870. The lowest BCUT2D eigenvalue weighted by Gasteiger charge is -2.15. The molecule has 2 saturated carbocycles. The lowest BCUT2D eigenvalue weighted by molar-refractivity contribution is 0.403. The topological polar surface area (TPSA) is 12.0 Å². The molecule has 2 aliphatic carbocycles. The van der Waals surface area contributed by atoms with E-state index in [9.17, 15) is 4.39 Å². The first kappa shape index (κ1) is 11.7. The Balaban J connectivity index is 1.55. The van der Waals surface area contributed by atoms with E-state index in [1.807, 2.05) is 6.07 Å². The summed E-state index contributed by atoms with van der Waals surface area (Å²) >= 11 is 3.30. The van der Waals surface area contributed by atoms with Crippen LogP contribution < -0.4 is 5.32 Å². The highest BCUT2D eigenvalue weighted by atomic mass is 79.9. The molecule has 1 N–H and O–H groups in total. The summed E-state index contributed by atoms with van der Waals surface area (Å²) in [6.45, 7) is 1.85. The van der Waals surface area contributed by atoms with Gasteiger partial charge in [0.25, 0.3) is 0 Å². The highest BCUT2D eigenvalue weighted by molar-refractivity contribution is 9.10. The molecule has 3 rings (SSSR count). The summed E-state index contributed by atoms with van der Waals surface area (Å²) in [7, 11) is 0. The van der Waals surface area contributed by atoms with Crippen LogP contribution in [0.25, 0.3) is 0 Å². The molecule has 0 spiro atoms. The van der Waals surface area contributed by atoms with Crippen LogP contribution in [0.15, 0.2) is 22.7 Å². The fourth-order valence-electron chi connectivity index (χ4n) is 2.72. The Hall–Kier alpha value is -0.410. The van der Waals surface area contributed by atoms with Crippen LogP contribution in [0, 0.1) is 17.2 Å². The Morgan fingerprint density at radius 2 is 2.12 bits per heavy atom. The molecule has 0 heterocycles. The van der Waals surface area contributed by atoms with Crippen molar-refractivity contribution in [3.63, 3.8) is 0 Å². The summed E-state index contributed by atoms with van der Waals surface area (Å²) < 4.78 is 13.9. The van der Waals surface area contributed by atoms with Crippen molar-refractivity contribution in [3.05, 3.63) is 34.1 Å². The molecule has 92 valence electrons. The van der Waals surface area contributed by atoms with Gasteiger partial charge in [-0.05, 0) is 64.6 Å². The summed E-state index contributed by atoms with van der Waals surface area (Å²) in [6.07, 6.45) is 5.61. The van der Waals surface area contributed by atoms with Crippen molar-refractivity contribution in [2.24, 2.45) is 11.3 Å². The molecule has 1 aromatic carbocycles. The van der Waals surface area contributed by atoms with Crippen LogP contribution >= 0.6 is 15.9 Å². The van der Waals surface area contributed by atoms with E-state index in [1.165, 1.54) is 31.7 Å². The highest BCUT2D eigenvalue weighted by Crippen LogP contribution is 2.60. The predicted octanol–water partition coefficient (Wildman–Crippen LogP) is 3.87. The average Bonchev–Trinajstić information content (AvgIpc) is 3.14. The lowest BCUT2D eigenvalue weighted by atomic mass is 10.0. The van der Waals surface area contributed by atoms with Crippen molar-refractivity contribution in [2.75, 3.05) is 6.54 Å². The van der Waals surface area contributed by atoms with Crippen LogP contribution in [0.3, 0.4) is 0 Å². The maximum Gasteiger partial charge on any atom is 0.137 e. The molecule has 1 nitrogen and oxygen atoms in total. The smallest absolute Gasteiger partial charge is 0.137 e. The maximum absolute atomic E-state index is 13.3. The van der Waals surface area contributed by atoms with Crippen LogP contribution in [0.1, 0.15) is 31.2 Å². The summed E-state index contributed by atoms with van der Waals surface area (Å²) in [5.41, 5.74) is 1.62. The van der Waals surface area contributed by atoms with Gasteiger partial charge in [0.05, 0.1) is 4.47 Å². The van der Waals surface area contributed by atoms with E-state index in [0.717, 1.165) is 24.6 Å². The first-order valence-corrected chi connectivity index (χ1v) is 7.14.